The molecular weight excluding hydrogens is 448 g/mol. The topological polar surface area (TPSA) is 75.3 Å². The molecule has 32 heavy (non-hydrogen) atoms. The maximum atomic E-state index is 14.0. The molecule has 4 rings (SSSR count). The summed E-state index contributed by atoms with van der Waals surface area (Å²) in [6.45, 7) is 0. The number of rotatable bonds is 4. The van der Waals surface area contributed by atoms with Crippen LogP contribution >= 0.6 is 0 Å². The number of benzene rings is 3. The van der Waals surface area contributed by atoms with E-state index in [4.69, 9.17) is 0 Å². The molecule has 10 heteroatoms. The van der Waals surface area contributed by atoms with Gasteiger partial charge in [-0.25, -0.2) is 12.8 Å². The minimum absolute atomic E-state index is 0.0603. The molecule has 3 aromatic carbocycles. The Balaban J connectivity index is 1.67. The molecule has 1 amide bonds. The number of carbonyl (C=O) groups excluding carboxylic acids is 1. The first-order chi connectivity index (χ1) is 15.0. The van der Waals surface area contributed by atoms with Crippen molar-refractivity contribution < 1.29 is 30.8 Å². The Bertz CT molecular complexity index is 1350. The second-order valence-electron chi connectivity index (χ2n) is 6.92. The molecule has 3 aromatic rings. The van der Waals surface area contributed by atoms with Crippen LogP contribution in [0.1, 0.15) is 16.7 Å². The average molecular weight is 462 g/mol. The summed E-state index contributed by atoms with van der Waals surface area (Å²) in [6.07, 6.45) is -3.23. The van der Waals surface area contributed by atoms with Crippen LogP contribution in [-0.2, 0) is 21.0 Å². The Labute approximate surface area is 180 Å². The molecule has 0 bridgehead atoms. The normalized spacial score (nSPS) is 14.9. The molecule has 0 saturated carbocycles. The van der Waals surface area contributed by atoms with E-state index in [1.54, 1.807) is 6.07 Å². The van der Waals surface area contributed by atoms with E-state index in [2.05, 4.69) is 10.0 Å². The molecule has 0 fully saturated rings. The molecule has 164 valence electrons. The zero-order chi connectivity index (χ0) is 23.1. The fourth-order valence-electron chi connectivity index (χ4n) is 3.17. The third-order valence-electron chi connectivity index (χ3n) is 4.75. The van der Waals surface area contributed by atoms with E-state index < -0.39 is 33.5 Å². The number of fused-ring (bicyclic) bond motifs is 1. The van der Waals surface area contributed by atoms with Crippen LogP contribution in [0.15, 0.2) is 71.6 Å². The summed E-state index contributed by atoms with van der Waals surface area (Å²) in [4.78, 5) is 12.1. The number of halogens is 4. The molecule has 1 heterocycles. The van der Waals surface area contributed by atoms with Gasteiger partial charge in [0.15, 0.2) is 0 Å². The van der Waals surface area contributed by atoms with Gasteiger partial charge in [-0.1, -0.05) is 18.2 Å². The summed E-state index contributed by atoms with van der Waals surface area (Å²) < 4.78 is 79.8. The van der Waals surface area contributed by atoms with Crippen LogP contribution in [0, 0.1) is 5.82 Å². The monoisotopic (exact) mass is 462 g/mol. The predicted molar refractivity (Wildman–Crippen MR) is 112 cm³/mol. The zero-order valence-electron chi connectivity index (χ0n) is 16.1. The maximum absolute atomic E-state index is 14.0. The Hall–Kier alpha value is -3.66. The van der Waals surface area contributed by atoms with Gasteiger partial charge < -0.3 is 5.32 Å². The van der Waals surface area contributed by atoms with Crippen LogP contribution in [0.3, 0.4) is 0 Å². The molecular formula is C22H14F4N2O3S. The molecule has 0 aromatic heterocycles. The first kappa shape index (κ1) is 21.6. The second-order valence-corrected chi connectivity index (χ2v) is 8.60. The summed E-state index contributed by atoms with van der Waals surface area (Å²) >= 11 is 0. The van der Waals surface area contributed by atoms with E-state index in [1.807, 2.05) is 0 Å². The summed E-state index contributed by atoms with van der Waals surface area (Å²) in [7, 11) is -4.18. The number of sulfonamides is 1. The molecule has 0 atom stereocenters. The zero-order valence-corrected chi connectivity index (χ0v) is 16.9. The maximum Gasteiger partial charge on any atom is 0.416 e. The predicted octanol–water partition coefficient (Wildman–Crippen LogP) is 5.14. The molecule has 0 radical (unpaired) electrons. The van der Waals surface area contributed by atoms with E-state index in [9.17, 15) is 30.8 Å². The van der Waals surface area contributed by atoms with Crippen molar-refractivity contribution in [3.63, 3.8) is 0 Å². The van der Waals surface area contributed by atoms with Crippen LogP contribution < -0.4 is 10.0 Å². The van der Waals surface area contributed by atoms with Gasteiger partial charge in [-0.15, -0.1) is 0 Å². The summed E-state index contributed by atoms with van der Waals surface area (Å²) in [6, 6.07) is 13.2. The molecule has 0 saturated heterocycles. The number of nitrogens with one attached hydrogen (secondary N) is 2. The first-order valence-electron chi connectivity index (χ1n) is 9.17. The van der Waals surface area contributed by atoms with Crippen molar-refractivity contribution in [3.05, 3.63) is 89.2 Å². The summed E-state index contributed by atoms with van der Waals surface area (Å²) in [5, 5.41) is 2.58. The minimum Gasteiger partial charge on any atom is -0.321 e. The fourth-order valence-corrected chi connectivity index (χ4v) is 4.25. The fraction of sp³-hybridized carbons (Fsp3) is 0.0455. The Morgan fingerprint density at radius 2 is 1.62 bits per heavy atom. The lowest BCUT2D eigenvalue weighted by Crippen LogP contribution is -2.13. The van der Waals surface area contributed by atoms with Gasteiger partial charge in [0.2, 0.25) is 0 Å². The second kappa shape index (κ2) is 7.79. The number of carbonyl (C=O) groups is 1. The molecule has 5 nitrogen and oxygen atoms in total. The van der Waals surface area contributed by atoms with Gasteiger partial charge in [-0.2, -0.15) is 13.2 Å². The highest BCUT2D eigenvalue weighted by Crippen LogP contribution is 2.36. The highest BCUT2D eigenvalue weighted by Gasteiger charge is 2.30. The summed E-state index contributed by atoms with van der Waals surface area (Å²) in [5.41, 5.74) is -0.127. The lowest BCUT2D eigenvalue weighted by Gasteiger charge is -2.11. The SMILES string of the molecule is O=C1Nc2ccc(S(=O)(=O)Nc3ccc(C(F)(F)F)cc3)cc2C1=Cc1ccccc1F. The number of hydrogen-bond donors (Lipinski definition) is 2. The largest absolute Gasteiger partial charge is 0.416 e. The van der Waals surface area contributed by atoms with Crippen molar-refractivity contribution in [1.82, 2.24) is 0 Å². The standard InChI is InChI=1S/C22H14F4N2O3S/c23-19-4-2-1-3-13(19)11-18-17-12-16(9-10-20(17)27-21(18)29)32(30,31)28-15-7-5-14(6-8-15)22(24,25)26/h1-12,28H,(H,27,29). The first-order valence-corrected chi connectivity index (χ1v) is 10.6. The highest BCUT2D eigenvalue weighted by atomic mass is 32.2. The molecule has 1 aliphatic heterocycles. The van der Waals surface area contributed by atoms with Gasteiger partial charge in [-0.05, 0) is 54.6 Å². The quantitative estimate of drug-likeness (QED) is 0.417. The van der Waals surface area contributed by atoms with Gasteiger partial charge in [0.25, 0.3) is 15.9 Å². The van der Waals surface area contributed by atoms with Gasteiger partial charge >= 0.3 is 6.18 Å². The molecule has 0 aliphatic carbocycles. The minimum atomic E-state index is -4.54. The van der Waals surface area contributed by atoms with Crippen LogP contribution in [0.5, 0.6) is 0 Å². The number of anilines is 2. The van der Waals surface area contributed by atoms with Crippen molar-refractivity contribution >= 4 is 39.0 Å². The molecule has 0 spiro atoms. The van der Waals surface area contributed by atoms with Crippen molar-refractivity contribution in [2.75, 3.05) is 10.0 Å². The van der Waals surface area contributed by atoms with E-state index in [0.717, 1.165) is 24.3 Å². The van der Waals surface area contributed by atoms with Gasteiger partial charge in [0.05, 0.1) is 10.5 Å². The third-order valence-corrected chi connectivity index (χ3v) is 6.13. The molecule has 1 aliphatic rings. The Kier molecular flexibility index (Phi) is 5.25. The van der Waals surface area contributed by atoms with Crippen LogP contribution in [0.25, 0.3) is 11.6 Å². The van der Waals surface area contributed by atoms with E-state index in [0.29, 0.717) is 5.69 Å². The molecule has 0 unspecified atom stereocenters. The third kappa shape index (κ3) is 4.22. The lowest BCUT2D eigenvalue weighted by molar-refractivity contribution is -0.137. The van der Waals surface area contributed by atoms with Crippen molar-refractivity contribution in [3.8, 4) is 0 Å². The van der Waals surface area contributed by atoms with Crippen LogP contribution in [-0.4, -0.2) is 14.3 Å². The number of alkyl halides is 3. The average Bonchev–Trinajstić information content (AvgIpc) is 3.03. The Morgan fingerprint density at radius 3 is 2.28 bits per heavy atom. The number of amides is 1. The van der Waals surface area contributed by atoms with Crippen LogP contribution in [0.4, 0.5) is 28.9 Å². The van der Waals surface area contributed by atoms with Gasteiger partial charge in [0, 0.05) is 28.1 Å². The Morgan fingerprint density at radius 1 is 0.938 bits per heavy atom. The highest BCUT2D eigenvalue weighted by molar-refractivity contribution is 7.92. The van der Waals surface area contributed by atoms with Crippen LogP contribution in [0.2, 0.25) is 0 Å². The summed E-state index contributed by atoms with van der Waals surface area (Å²) in [5.74, 6) is -1.07. The van der Waals surface area contributed by atoms with E-state index in [-0.39, 0.29) is 27.3 Å². The lowest BCUT2D eigenvalue weighted by atomic mass is 10.0. The number of hydrogen-bond acceptors (Lipinski definition) is 3. The van der Waals surface area contributed by atoms with Crippen molar-refractivity contribution in [2.45, 2.75) is 11.1 Å². The van der Waals surface area contributed by atoms with Crippen molar-refractivity contribution in [2.24, 2.45) is 0 Å². The van der Waals surface area contributed by atoms with Gasteiger partial charge in [-0.3, -0.25) is 9.52 Å². The van der Waals surface area contributed by atoms with E-state index in [1.165, 1.54) is 42.5 Å². The molecule has 2 N–H and O–H groups in total. The van der Waals surface area contributed by atoms with Gasteiger partial charge in [0.1, 0.15) is 5.82 Å². The van der Waals surface area contributed by atoms with Crippen molar-refractivity contribution in [1.29, 1.82) is 0 Å². The van der Waals surface area contributed by atoms with E-state index >= 15 is 0 Å². The smallest absolute Gasteiger partial charge is 0.321 e.